The molecular weight excluding hydrogens is 512 g/mol. The molecule has 0 bridgehead atoms. The minimum atomic E-state index is 0.780. The lowest BCUT2D eigenvalue weighted by Crippen LogP contribution is -1.95. The van der Waals surface area contributed by atoms with Crippen molar-refractivity contribution in [3.63, 3.8) is 0 Å². The summed E-state index contributed by atoms with van der Waals surface area (Å²) in [6, 6.07) is 53.1. The Morgan fingerprint density at radius 3 is 1.76 bits per heavy atom. The number of hydrogen-bond acceptors (Lipinski definition) is 2. The second kappa shape index (κ2) is 10.1. The Morgan fingerprint density at radius 1 is 0.476 bits per heavy atom. The summed E-state index contributed by atoms with van der Waals surface area (Å²) in [5.41, 5.74) is 10.9. The van der Waals surface area contributed by atoms with Crippen LogP contribution >= 0.6 is 0 Å². The molecule has 0 aliphatic rings. The van der Waals surface area contributed by atoms with Crippen molar-refractivity contribution in [2.75, 3.05) is 0 Å². The Kier molecular flexibility index (Phi) is 5.79. The molecule has 0 aliphatic carbocycles. The second-order valence-corrected chi connectivity index (χ2v) is 10.5. The Hall–Kier alpha value is -5.67. The first kappa shape index (κ1) is 24.2. The van der Waals surface area contributed by atoms with E-state index in [1.165, 1.54) is 16.7 Å². The average molecular weight is 539 g/mol. The summed E-state index contributed by atoms with van der Waals surface area (Å²) in [5, 5.41) is 7.64. The molecule has 5 aromatic carbocycles. The maximum atomic E-state index is 5.93. The van der Waals surface area contributed by atoms with Crippen molar-refractivity contribution in [2.24, 2.45) is 0 Å². The highest BCUT2D eigenvalue weighted by Crippen LogP contribution is 2.42. The highest BCUT2D eigenvalue weighted by atomic mass is 16.3. The monoisotopic (exact) mass is 538 g/mol. The molecule has 8 aromatic rings. The fraction of sp³-hybridized carbons (Fsp3) is 0. The van der Waals surface area contributed by atoms with Crippen molar-refractivity contribution in [2.45, 2.75) is 0 Å². The number of pyridine rings is 1. The van der Waals surface area contributed by atoms with Crippen LogP contribution in [0.1, 0.15) is 0 Å². The maximum Gasteiger partial charge on any atom is 0.152 e. The van der Waals surface area contributed by atoms with Gasteiger partial charge in [0, 0.05) is 16.5 Å². The predicted molar refractivity (Wildman–Crippen MR) is 172 cm³/mol. The quantitative estimate of drug-likeness (QED) is 0.218. The Balaban J connectivity index is 1.47. The fourth-order valence-electron chi connectivity index (χ4n) is 5.92. The van der Waals surface area contributed by atoms with E-state index in [2.05, 4.69) is 144 Å². The van der Waals surface area contributed by atoms with Gasteiger partial charge in [-0.1, -0.05) is 121 Å². The molecule has 42 heavy (non-hydrogen) atoms. The lowest BCUT2D eigenvalue weighted by atomic mass is 9.93. The Labute approximate surface area is 243 Å². The molecule has 0 fully saturated rings. The van der Waals surface area contributed by atoms with Gasteiger partial charge in [0.05, 0.1) is 11.8 Å². The van der Waals surface area contributed by atoms with Crippen molar-refractivity contribution in [1.82, 2.24) is 9.61 Å². The van der Waals surface area contributed by atoms with Gasteiger partial charge in [0.15, 0.2) is 5.76 Å². The van der Waals surface area contributed by atoms with E-state index in [4.69, 9.17) is 9.52 Å². The minimum Gasteiger partial charge on any atom is -0.463 e. The third-order valence-corrected chi connectivity index (χ3v) is 7.90. The summed E-state index contributed by atoms with van der Waals surface area (Å²) in [6.45, 7) is 0. The van der Waals surface area contributed by atoms with Crippen molar-refractivity contribution in [1.29, 1.82) is 0 Å². The molecule has 8 rings (SSSR count). The van der Waals surface area contributed by atoms with E-state index < -0.39 is 0 Å². The number of aromatic nitrogens is 2. The highest BCUT2D eigenvalue weighted by Gasteiger charge is 2.22. The molecule has 0 unspecified atom stereocenters. The van der Waals surface area contributed by atoms with Crippen LogP contribution in [0.5, 0.6) is 0 Å². The molecule has 198 valence electrons. The molecule has 0 radical (unpaired) electrons. The summed E-state index contributed by atoms with van der Waals surface area (Å²) in [5.74, 6) is 0.780. The zero-order valence-corrected chi connectivity index (χ0v) is 22.8. The van der Waals surface area contributed by atoms with Crippen LogP contribution in [0.15, 0.2) is 162 Å². The lowest BCUT2D eigenvalue weighted by Gasteiger charge is -2.11. The van der Waals surface area contributed by atoms with E-state index in [9.17, 15) is 0 Å². The molecule has 0 N–H and O–H groups in total. The molecule has 3 heterocycles. The van der Waals surface area contributed by atoms with Gasteiger partial charge in [0.2, 0.25) is 0 Å². The molecule has 0 amide bonds. The van der Waals surface area contributed by atoms with Gasteiger partial charge in [-0.25, -0.2) is 4.52 Å². The van der Waals surface area contributed by atoms with Crippen LogP contribution in [0.2, 0.25) is 0 Å². The largest absolute Gasteiger partial charge is 0.463 e. The van der Waals surface area contributed by atoms with Crippen LogP contribution in [0.4, 0.5) is 0 Å². The number of furan rings is 1. The second-order valence-electron chi connectivity index (χ2n) is 10.5. The molecule has 0 aliphatic heterocycles. The number of benzene rings is 5. The van der Waals surface area contributed by atoms with Crippen LogP contribution in [0.25, 0.3) is 72.4 Å². The highest BCUT2D eigenvalue weighted by molar-refractivity contribution is 6.08. The molecule has 3 nitrogen and oxygen atoms in total. The summed E-state index contributed by atoms with van der Waals surface area (Å²) in [4.78, 5) is 0. The van der Waals surface area contributed by atoms with Crippen LogP contribution in [-0.2, 0) is 0 Å². The van der Waals surface area contributed by atoms with Crippen LogP contribution in [0.3, 0.4) is 0 Å². The molecule has 0 saturated carbocycles. The van der Waals surface area contributed by atoms with Crippen LogP contribution in [-0.4, -0.2) is 9.61 Å². The van der Waals surface area contributed by atoms with Crippen molar-refractivity contribution >= 4 is 16.3 Å². The number of fused-ring (bicyclic) bond motifs is 3. The first-order chi connectivity index (χ1) is 20.8. The first-order valence-electron chi connectivity index (χ1n) is 14.1. The van der Waals surface area contributed by atoms with Crippen molar-refractivity contribution in [3.8, 4) is 56.1 Å². The first-order valence-corrected chi connectivity index (χ1v) is 14.1. The lowest BCUT2D eigenvalue weighted by molar-refractivity contribution is 0.578. The topological polar surface area (TPSA) is 30.4 Å². The van der Waals surface area contributed by atoms with Crippen LogP contribution in [0, 0.1) is 0 Å². The van der Waals surface area contributed by atoms with E-state index in [0.29, 0.717) is 0 Å². The summed E-state index contributed by atoms with van der Waals surface area (Å²) >= 11 is 0. The fourth-order valence-corrected chi connectivity index (χ4v) is 5.92. The van der Waals surface area contributed by atoms with E-state index in [-0.39, 0.29) is 0 Å². The summed E-state index contributed by atoms with van der Waals surface area (Å²) in [6.07, 6.45) is 1.72. The van der Waals surface area contributed by atoms with Gasteiger partial charge < -0.3 is 4.42 Å². The van der Waals surface area contributed by atoms with Gasteiger partial charge >= 0.3 is 0 Å². The van der Waals surface area contributed by atoms with E-state index in [0.717, 1.165) is 55.7 Å². The molecule has 3 aromatic heterocycles. The maximum absolute atomic E-state index is 5.93. The van der Waals surface area contributed by atoms with Gasteiger partial charge in [-0.15, -0.1) is 0 Å². The normalized spacial score (nSPS) is 11.3. The molecular formula is C39H26N2O. The van der Waals surface area contributed by atoms with Crippen molar-refractivity contribution in [3.05, 3.63) is 158 Å². The third kappa shape index (κ3) is 4.11. The van der Waals surface area contributed by atoms with Crippen molar-refractivity contribution < 1.29 is 4.42 Å². The van der Waals surface area contributed by atoms with E-state index in [1.807, 2.05) is 12.1 Å². The van der Waals surface area contributed by atoms with E-state index in [1.54, 1.807) is 6.26 Å². The summed E-state index contributed by atoms with van der Waals surface area (Å²) in [7, 11) is 0. The van der Waals surface area contributed by atoms with Gasteiger partial charge in [-0.05, 0) is 63.5 Å². The molecule has 3 heteroatoms. The third-order valence-electron chi connectivity index (χ3n) is 7.90. The van der Waals surface area contributed by atoms with Gasteiger partial charge in [-0.3, -0.25) is 0 Å². The smallest absolute Gasteiger partial charge is 0.152 e. The standard InChI is InChI=1S/C39H26N2O/c1-3-12-27(13-4-1)29-17-9-19-32(24-29)37-38(33-20-10-18-30(25-33)28-14-5-2-6-15-28)40-41-35(36-22-11-23-42-36)26-31-16-7-8-21-34(31)39(37)41/h1-26H. The molecule has 0 atom stereocenters. The minimum absolute atomic E-state index is 0.780. The number of hydrogen-bond donors (Lipinski definition) is 0. The van der Waals surface area contributed by atoms with E-state index >= 15 is 0 Å². The molecule has 0 saturated heterocycles. The van der Waals surface area contributed by atoms with Gasteiger partial charge in [0.1, 0.15) is 11.4 Å². The number of rotatable bonds is 5. The zero-order valence-electron chi connectivity index (χ0n) is 22.8. The molecule has 0 spiro atoms. The Morgan fingerprint density at radius 2 is 1.07 bits per heavy atom. The zero-order chi connectivity index (χ0) is 27.9. The average Bonchev–Trinajstić information content (AvgIpc) is 3.75. The van der Waals surface area contributed by atoms with Crippen LogP contribution < -0.4 is 0 Å². The Bertz CT molecular complexity index is 2180. The predicted octanol–water partition coefficient (Wildman–Crippen LogP) is 10.4. The summed E-state index contributed by atoms with van der Waals surface area (Å²) < 4.78 is 8.00. The van der Waals surface area contributed by atoms with Gasteiger partial charge in [0.25, 0.3) is 0 Å². The SMILES string of the molecule is c1ccc(-c2cccc(-c3nn4c(-c5ccco5)cc5ccccc5c4c3-c3cccc(-c4ccccc4)c3)c2)cc1. The van der Waals surface area contributed by atoms with Gasteiger partial charge in [-0.2, -0.15) is 5.10 Å². The number of nitrogens with zero attached hydrogens (tertiary/aromatic N) is 2.